The molecule has 0 bridgehead atoms. The van der Waals surface area contributed by atoms with Gasteiger partial charge in [-0.25, -0.2) is 0 Å². The number of anilines is 3. The summed E-state index contributed by atoms with van der Waals surface area (Å²) < 4.78 is 0. The average molecular weight is 718 g/mol. The van der Waals surface area contributed by atoms with Crippen LogP contribution in [0.15, 0.2) is 230 Å². The summed E-state index contributed by atoms with van der Waals surface area (Å²) in [6.45, 7) is 4.44. The molecule has 1 aliphatic carbocycles. The van der Waals surface area contributed by atoms with Gasteiger partial charge in [0.15, 0.2) is 0 Å². The van der Waals surface area contributed by atoms with Crippen LogP contribution in [0, 0.1) is 0 Å². The summed E-state index contributed by atoms with van der Waals surface area (Å²) in [5.74, 6) is 0. The standard InChI is InChI=1S/C55H43N/c1-3-19-50-40(2)55(46-26-12-6-13-27-46,47-28-14-7-15-29-47)53-39-49(36-37-52(50)53)56(48-34-32-43(33-35-48)41-20-8-4-9-21-41)54-31-17-16-30-51(54)45-25-18-24-44(38-45)42-22-10-5-11-23-42/h3-39H,1-2H3/b19-3-. The molecule has 0 heterocycles. The predicted octanol–water partition coefficient (Wildman–Crippen LogP) is 14.9. The third kappa shape index (κ3) is 6.08. The third-order valence-electron chi connectivity index (χ3n) is 11.3. The van der Waals surface area contributed by atoms with Crippen LogP contribution >= 0.6 is 0 Å². The summed E-state index contributed by atoms with van der Waals surface area (Å²) in [5.41, 5.74) is 17.7. The molecule has 0 atom stereocenters. The van der Waals surface area contributed by atoms with E-state index in [9.17, 15) is 0 Å². The molecule has 9 rings (SSSR count). The van der Waals surface area contributed by atoms with Crippen LogP contribution in [0.2, 0.25) is 0 Å². The molecule has 0 amide bonds. The van der Waals surface area contributed by atoms with Gasteiger partial charge in [-0.2, -0.15) is 0 Å². The number of hydrogen-bond acceptors (Lipinski definition) is 1. The Morgan fingerprint density at radius 1 is 0.411 bits per heavy atom. The highest BCUT2D eigenvalue weighted by molar-refractivity contribution is 5.94. The van der Waals surface area contributed by atoms with E-state index < -0.39 is 5.41 Å². The minimum Gasteiger partial charge on any atom is -0.310 e. The average Bonchev–Trinajstić information content (AvgIpc) is 3.52. The fourth-order valence-corrected chi connectivity index (χ4v) is 8.76. The molecule has 0 radical (unpaired) electrons. The molecule has 8 aromatic carbocycles. The molecule has 0 aliphatic heterocycles. The highest BCUT2D eigenvalue weighted by Crippen LogP contribution is 2.56. The van der Waals surface area contributed by atoms with Gasteiger partial charge in [0.25, 0.3) is 0 Å². The first-order chi connectivity index (χ1) is 27.7. The van der Waals surface area contributed by atoms with Crippen LogP contribution in [-0.4, -0.2) is 0 Å². The Morgan fingerprint density at radius 3 is 1.54 bits per heavy atom. The minimum absolute atomic E-state index is 0.477. The Hall–Kier alpha value is -6.96. The van der Waals surface area contributed by atoms with Crippen molar-refractivity contribution in [1.29, 1.82) is 0 Å². The van der Waals surface area contributed by atoms with Gasteiger partial charge < -0.3 is 4.90 Å². The van der Waals surface area contributed by atoms with E-state index >= 15 is 0 Å². The van der Waals surface area contributed by atoms with Crippen molar-refractivity contribution >= 4 is 22.6 Å². The van der Waals surface area contributed by atoms with Crippen LogP contribution in [0.4, 0.5) is 17.1 Å². The monoisotopic (exact) mass is 717 g/mol. The molecular weight excluding hydrogens is 675 g/mol. The maximum atomic E-state index is 2.46. The first-order valence-electron chi connectivity index (χ1n) is 19.5. The lowest BCUT2D eigenvalue weighted by Crippen LogP contribution is -2.29. The summed E-state index contributed by atoms with van der Waals surface area (Å²) >= 11 is 0. The largest absolute Gasteiger partial charge is 0.310 e. The van der Waals surface area contributed by atoms with Crippen molar-refractivity contribution in [2.24, 2.45) is 0 Å². The number of hydrogen-bond donors (Lipinski definition) is 0. The van der Waals surface area contributed by atoms with Crippen LogP contribution in [0.1, 0.15) is 36.1 Å². The molecule has 0 spiro atoms. The number of nitrogens with zero attached hydrogens (tertiary/aromatic N) is 1. The summed E-state index contributed by atoms with van der Waals surface area (Å²) in [6.07, 6.45) is 4.46. The molecule has 0 saturated carbocycles. The second-order valence-electron chi connectivity index (χ2n) is 14.5. The Bertz CT molecular complexity index is 2630. The zero-order valence-corrected chi connectivity index (χ0v) is 31.8. The molecule has 0 N–H and O–H groups in total. The summed E-state index contributed by atoms with van der Waals surface area (Å²) in [6, 6.07) is 77.3. The van der Waals surface area contributed by atoms with Crippen LogP contribution in [0.5, 0.6) is 0 Å². The highest BCUT2D eigenvalue weighted by atomic mass is 15.1. The molecule has 1 heteroatoms. The smallest absolute Gasteiger partial charge is 0.0674 e. The predicted molar refractivity (Wildman–Crippen MR) is 238 cm³/mol. The van der Waals surface area contributed by atoms with Crippen molar-refractivity contribution in [2.45, 2.75) is 19.3 Å². The quantitative estimate of drug-likeness (QED) is 0.144. The van der Waals surface area contributed by atoms with Crippen LogP contribution < -0.4 is 4.90 Å². The molecule has 8 aromatic rings. The van der Waals surface area contributed by atoms with Crippen LogP contribution in [0.3, 0.4) is 0 Å². The topological polar surface area (TPSA) is 3.24 Å². The zero-order chi connectivity index (χ0) is 37.9. The molecule has 0 unspecified atom stereocenters. The molecular formula is C55H43N. The first kappa shape index (κ1) is 34.8. The van der Waals surface area contributed by atoms with Crippen molar-refractivity contribution in [1.82, 2.24) is 0 Å². The van der Waals surface area contributed by atoms with E-state index in [0.29, 0.717) is 0 Å². The second kappa shape index (κ2) is 15.1. The van der Waals surface area contributed by atoms with Gasteiger partial charge in [-0.15, -0.1) is 0 Å². The Labute approximate surface area is 331 Å². The van der Waals surface area contributed by atoms with Gasteiger partial charge >= 0.3 is 0 Å². The summed E-state index contributed by atoms with van der Waals surface area (Å²) in [5, 5.41) is 0. The number of rotatable bonds is 9. The van der Waals surface area contributed by atoms with E-state index in [0.717, 1.165) is 17.1 Å². The van der Waals surface area contributed by atoms with Gasteiger partial charge in [-0.1, -0.05) is 188 Å². The van der Waals surface area contributed by atoms with E-state index in [1.54, 1.807) is 0 Å². The van der Waals surface area contributed by atoms with Gasteiger partial charge in [0, 0.05) is 16.9 Å². The van der Waals surface area contributed by atoms with E-state index in [4.69, 9.17) is 0 Å². The van der Waals surface area contributed by atoms with Crippen molar-refractivity contribution in [2.75, 3.05) is 4.90 Å². The van der Waals surface area contributed by atoms with E-state index in [1.807, 2.05) is 0 Å². The maximum Gasteiger partial charge on any atom is 0.0674 e. The van der Waals surface area contributed by atoms with Gasteiger partial charge in [0.1, 0.15) is 0 Å². The maximum absolute atomic E-state index is 2.46. The van der Waals surface area contributed by atoms with Crippen molar-refractivity contribution in [3.63, 3.8) is 0 Å². The van der Waals surface area contributed by atoms with Gasteiger partial charge in [0.2, 0.25) is 0 Å². The molecule has 0 aromatic heterocycles. The lowest BCUT2D eigenvalue weighted by molar-refractivity contribution is 0.743. The third-order valence-corrected chi connectivity index (χ3v) is 11.3. The number of para-hydroxylation sites is 1. The normalized spacial score (nSPS) is 13.2. The lowest BCUT2D eigenvalue weighted by atomic mass is 9.67. The highest BCUT2D eigenvalue weighted by Gasteiger charge is 2.45. The fraction of sp³-hybridized carbons (Fsp3) is 0.0545. The first-order valence-corrected chi connectivity index (χ1v) is 19.5. The Balaban J connectivity index is 1.29. The SMILES string of the molecule is C/C=C\C1=C(C)C(c2ccccc2)(c2ccccc2)c2cc(N(c3ccc(-c4ccccc4)cc3)c3ccccc3-c3cccc(-c4ccccc4)c3)ccc21. The molecule has 0 fully saturated rings. The van der Waals surface area contributed by atoms with E-state index in [-0.39, 0.29) is 0 Å². The molecule has 0 saturated heterocycles. The summed E-state index contributed by atoms with van der Waals surface area (Å²) in [7, 11) is 0. The molecule has 1 nitrogen and oxygen atoms in total. The lowest BCUT2D eigenvalue weighted by Gasteiger charge is -2.36. The fourth-order valence-electron chi connectivity index (χ4n) is 8.76. The Kier molecular flexibility index (Phi) is 9.35. The number of allylic oxidation sites excluding steroid dienone is 4. The van der Waals surface area contributed by atoms with Gasteiger partial charge in [0.05, 0.1) is 11.1 Å². The zero-order valence-electron chi connectivity index (χ0n) is 31.8. The van der Waals surface area contributed by atoms with E-state index in [1.165, 1.54) is 66.8 Å². The Morgan fingerprint density at radius 2 is 0.911 bits per heavy atom. The van der Waals surface area contributed by atoms with Crippen molar-refractivity contribution in [3.8, 4) is 33.4 Å². The van der Waals surface area contributed by atoms with Crippen molar-refractivity contribution < 1.29 is 0 Å². The van der Waals surface area contributed by atoms with Crippen molar-refractivity contribution in [3.05, 3.63) is 252 Å². The van der Waals surface area contributed by atoms with Gasteiger partial charge in [-0.05, 0) is 111 Å². The minimum atomic E-state index is -0.477. The number of benzene rings is 8. The molecule has 56 heavy (non-hydrogen) atoms. The second-order valence-corrected chi connectivity index (χ2v) is 14.5. The van der Waals surface area contributed by atoms with Gasteiger partial charge in [-0.3, -0.25) is 0 Å². The van der Waals surface area contributed by atoms with Crippen LogP contribution in [0.25, 0.3) is 39.0 Å². The molecule has 268 valence electrons. The number of fused-ring (bicyclic) bond motifs is 1. The van der Waals surface area contributed by atoms with Crippen LogP contribution in [-0.2, 0) is 5.41 Å². The molecule has 1 aliphatic rings. The van der Waals surface area contributed by atoms with E-state index in [2.05, 4.69) is 243 Å². The summed E-state index contributed by atoms with van der Waals surface area (Å²) in [4.78, 5) is 2.45.